The minimum atomic E-state index is -0.427. The molecule has 0 saturated carbocycles. The van der Waals surface area contributed by atoms with E-state index in [0.717, 1.165) is 16.8 Å². The number of hydrogen-bond acceptors (Lipinski definition) is 5. The summed E-state index contributed by atoms with van der Waals surface area (Å²) in [6.45, 7) is 0. The number of esters is 1. The largest absolute Gasteiger partial charge is 0.493 e. The second-order valence-electron chi connectivity index (χ2n) is 5.17. The molecule has 4 nitrogen and oxygen atoms in total. The van der Waals surface area contributed by atoms with E-state index < -0.39 is 5.97 Å². The van der Waals surface area contributed by atoms with Crippen LogP contribution in [0, 0.1) is 0 Å². The molecule has 3 aromatic rings. The molecule has 0 aliphatic heterocycles. The van der Waals surface area contributed by atoms with Crippen LogP contribution in [0.5, 0.6) is 5.75 Å². The molecule has 2 aromatic carbocycles. The van der Waals surface area contributed by atoms with Gasteiger partial charge in [-0.15, -0.1) is 11.3 Å². The van der Waals surface area contributed by atoms with Crippen molar-refractivity contribution >= 4 is 28.7 Å². The summed E-state index contributed by atoms with van der Waals surface area (Å²) in [5.41, 5.74) is 3.40. The van der Waals surface area contributed by atoms with Crippen LogP contribution in [0.15, 0.2) is 71.0 Å². The molecule has 1 aromatic heterocycles. The number of benzene rings is 2. The van der Waals surface area contributed by atoms with Crippen molar-refractivity contribution in [3.8, 4) is 5.75 Å². The highest BCUT2D eigenvalue weighted by Gasteiger charge is 2.20. The van der Waals surface area contributed by atoms with E-state index in [4.69, 9.17) is 14.5 Å². The second kappa shape index (κ2) is 7.77. The average molecular weight is 351 g/mol. The highest BCUT2D eigenvalue weighted by molar-refractivity contribution is 7.13. The van der Waals surface area contributed by atoms with Crippen LogP contribution in [-0.2, 0) is 4.74 Å². The summed E-state index contributed by atoms with van der Waals surface area (Å²) in [4.78, 5) is 17.1. The fraction of sp³-hybridized carbons (Fsp3) is 0.100. The van der Waals surface area contributed by atoms with Gasteiger partial charge in [0.25, 0.3) is 0 Å². The Hall–Kier alpha value is -2.92. The first kappa shape index (κ1) is 16.9. The lowest BCUT2D eigenvalue weighted by Crippen LogP contribution is -2.03. The van der Waals surface area contributed by atoms with Crippen LogP contribution < -0.4 is 4.74 Å². The number of aliphatic imine (C=N–C) groups is 1. The lowest BCUT2D eigenvalue weighted by molar-refractivity contribution is 0.0603. The summed E-state index contributed by atoms with van der Waals surface area (Å²) in [6.07, 6.45) is 0. The van der Waals surface area contributed by atoms with Crippen LogP contribution >= 0.6 is 11.3 Å². The summed E-state index contributed by atoms with van der Waals surface area (Å²) < 4.78 is 10.2. The Morgan fingerprint density at radius 2 is 1.48 bits per heavy atom. The molecule has 0 aliphatic carbocycles. The number of rotatable bonds is 5. The van der Waals surface area contributed by atoms with E-state index in [-0.39, 0.29) is 0 Å². The summed E-state index contributed by atoms with van der Waals surface area (Å²) in [7, 11) is 2.88. The van der Waals surface area contributed by atoms with Crippen LogP contribution in [-0.4, -0.2) is 25.9 Å². The zero-order valence-corrected chi connectivity index (χ0v) is 14.7. The third kappa shape index (κ3) is 3.61. The third-order valence-electron chi connectivity index (χ3n) is 3.63. The van der Waals surface area contributed by atoms with Gasteiger partial charge in [-0.3, -0.25) is 0 Å². The zero-order chi connectivity index (χ0) is 17.6. The molecular formula is C20H17NO3S. The van der Waals surface area contributed by atoms with Crippen LogP contribution in [0.3, 0.4) is 0 Å². The first-order chi connectivity index (χ1) is 12.2. The normalized spacial score (nSPS) is 10.2. The van der Waals surface area contributed by atoms with E-state index in [1.54, 1.807) is 5.38 Å². The van der Waals surface area contributed by atoms with Crippen molar-refractivity contribution in [2.75, 3.05) is 14.2 Å². The Bertz CT molecular complexity index is 844. The highest BCUT2D eigenvalue weighted by Crippen LogP contribution is 2.38. The minimum Gasteiger partial charge on any atom is -0.493 e. The lowest BCUT2D eigenvalue weighted by Gasteiger charge is -2.08. The summed E-state index contributed by atoms with van der Waals surface area (Å²) in [5, 5.41) is 1.80. The number of ether oxygens (including phenoxy) is 2. The Balaban J connectivity index is 2.15. The Morgan fingerprint density at radius 1 is 0.920 bits per heavy atom. The fourth-order valence-corrected chi connectivity index (χ4v) is 3.32. The van der Waals surface area contributed by atoms with Crippen molar-refractivity contribution in [1.29, 1.82) is 0 Å². The molecule has 1 heterocycles. The maximum Gasteiger partial charge on any atom is 0.351 e. The van der Waals surface area contributed by atoms with Gasteiger partial charge in [0.2, 0.25) is 0 Å². The predicted molar refractivity (Wildman–Crippen MR) is 100 cm³/mol. The standard InChI is InChI=1S/C20H17NO3S/c1-23-18-16(13-25-19(18)20(22)24-2)21-17(14-9-5-3-6-10-14)15-11-7-4-8-12-15/h3-13H,1-2H3. The molecule has 0 fully saturated rings. The topological polar surface area (TPSA) is 47.9 Å². The van der Waals surface area contributed by atoms with Gasteiger partial charge >= 0.3 is 5.97 Å². The molecule has 0 saturated heterocycles. The van der Waals surface area contributed by atoms with Crippen molar-refractivity contribution in [2.45, 2.75) is 0 Å². The summed E-state index contributed by atoms with van der Waals surface area (Å²) >= 11 is 1.26. The molecule has 25 heavy (non-hydrogen) atoms. The maximum absolute atomic E-state index is 11.9. The van der Waals surface area contributed by atoms with Crippen LogP contribution in [0.25, 0.3) is 0 Å². The fourth-order valence-electron chi connectivity index (χ4n) is 2.45. The molecule has 5 heteroatoms. The van der Waals surface area contributed by atoms with Gasteiger partial charge in [0.1, 0.15) is 5.69 Å². The first-order valence-electron chi connectivity index (χ1n) is 7.68. The third-order valence-corrected chi connectivity index (χ3v) is 4.56. The number of nitrogens with zero attached hydrogens (tertiary/aromatic N) is 1. The van der Waals surface area contributed by atoms with Gasteiger partial charge in [-0.1, -0.05) is 60.7 Å². The van der Waals surface area contributed by atoms with E-state index in [0.29, 0.717) is 16.3 Å². The molecule has 0 unspecified atom stereocenters. The molecule has 0 amide bonds. The van der Waals surface area contributed by atoms with Crippen molar-refractivity contribution in [3.05, 3.63) is 82.0 Å². The maximum atomic E-state index is 11.9. The van der Waals surface area contributed by atoms with E-state index >= 15 is 0 Å². The molecule has 126 valence electrons. The van der Waals surface area contributed by atoms with Gasteiger partial charge < -0.3 is 9.47 Å². The molecule has 0 N–H and O–H groups in total. The second-order valence-corrected chi connectivity index (χ2v) is 6.05. The van der Waals surface area contributed by atoms with E-state index in [1.807, 2.05) is 60.7 Å². The van der Waals surface area contributed by atoms with Gasteiger partial charge in [-0.05, 0) is 0 Å². The predicted octanol–water partition coefficient (Wildman–Crippen LogP) is 4.71. The van der Waals surface area contributed by atoms with Gasteiger partial charge in [0.05, 0.1) is 19.9 Å². The van der Waals surface area contributed by atoms with Crippen molar-refractivity contribution in [1.82, 2.24) is 0 Å². The minimum absolute atomic E-state index is 0.407. The Kier molecular flexibility index (Phi) is 5.26. The number of thiophene rings is 1. The molecule has 0 bridgehead atoms. The number of methoxy groups -OCH3 is 2. The Labute approximate surface area is 150 Å². The van der Waals surface area contributed by atoms with Gasteiger partial charge in [-0.2, -0.15) is 0 Å². The van der Waals surface area contributed by atoms with E-state index in [1.165, 1.54) is 25.6 Å². The molecular weight excluding hydrogens is 334 g/mol. The smallest absolute Gasteiger partial charge is 0.351 e. The molecule has 3 rings (SSSR count). The molecule has 0 atom stereocenters. The summed E-state index contributed by atoms with van der Waals surface area (Å²) in [5.74, 6) is 0.00508. The lowest BCUT2D eigenvalue weighted by atomic mass is 10.0. The molecule has 0 aliphatic rings. The average Bonchev–Trinajstić information content (AvgIpc) is 3.09. The quantitative estimate of drug-likeness (QED) is 0.494. The molecule has 0 radical (unpaired) electrons. The SMILES string of the molecule is COC(=O)c1scc(N=C(c2ccccc2)c2ccccc2)c1OC. The van der Waals surface area contributed by atoms with Crippen molar-refractivity contribution in [3.63, 3.8) is 0 Å². The molecule has 0 spiro atoms. The van der Waals surface area contributed by atoms with E-state index in [9.17, 15) is 4.79 Å². The van der Waals surface area contributed by atoms with Crippen LogP contribution in [0.2, 0.25) is 0 Å². The van der Waals surface area contributed by atoms with Crippen LogP contribution in [0.4, 0.5) is 5.69 Å². The summed E-state index contributed by atoms with van der Waals surface area (Å²) in [6, 6.07) is 19.8. The van der Waals surface area contributed by atoms with Crippen LogP contribution in [0.1, 0.15) is 20.8 Å². The number of carbonyl (C=O) groups excluding carboxylic acids is 1. The van der Waals surface area contributed by atoms with E-state index in [2.05, 4.69) is 0 Å². The number of hydrogen-bond donors (Lipinski definition) is 0. The zero-order valence-electron chi connectivity index (χ0n) is 13.9. The Morgan fingerprint density at radius 3 is 1.96 bits per heavy atom. The van der Waals surface area contributed by atoms with Crippen molar-refractivity contribution in [2.24, 2.45) is 4.99 Å². The van der Waals surface area contributed by atoms with Gasteiger partial charge in [0, 0.05) is 16.5 Å². The monoisotopic (exact) mass is 351 g/mol. The van der Waals surface area contributed by atoms with Gasteiger partial charge in [-0.25, -0.2) is 9.79 Å². The van der Waals surface area contributed by atoms with Crippen molar-refractivity contribution < 1.29 is 14.3 Å². The van der Waals surface area contributed by atoms with Gasteiger partial charge in [0.15, 0.2) is 10.6 Å². The highest BCUT2D eigenvalue weighted by atomic mass is 32.1. The first-order valence-corrected chi connectivity index (χ1v) is 8.56. The number of carbonyl (C=O) groups is 1.